The first-order chi connectivity index (χ1) is 38.8. The fraction of sp³-hybridized carbons (Fsp3) is 0.158. The zero-order chi connectivity index (χ0) is 56.4. The van der Waals surface area contributed by atoms with Gasteiger partial charge in [0.2, 0.25) is 0 Å². The van der Waals surface area contributed by atoms with Crippen molar-refractivity contribution in [1.82, 2.24) is 48.9 Å². The monoisotopic (exact) mass is 1080 g/mol. The van der Waals surface area contributed by atoms with Crippen LogP contribution in [0.4, 0.5) is 40.6 Å². The second-order valence-corrected chi connectivity index (χ2v) is 18.0. The number of methoxy groups -OCH3 is 6. The molecule has 11 aromatic rings. The molecule has 12 N–H and O–H groups in total. The van der Waals surface area contributed by atoms with E-state index in [4.69, 9.17) is 57.1 Å². The van der Waals surface area contributed by atoms with Gasteiger partial charge in [-0.2, -0.15) is 0 Å². The summed E-state index contributed by atoms with van der Waals surface area (Å²) in [6.07, 6.45) is 0.678. The van der Waals surface area contributed by atoms with Crippen LogP contribution in [0.15, 0.2) is 132 Å². The van der Waals surface area contributed by atoms with Crippen LogP contribution in [0.5, 0.6) is 34.5 Å². The van der Waals surface area contributed by atoms with E-state index in [0.29, 0.717) is 116 Å². The van der Waals surface area contributed by atoms with Gasteiger partial charge in [0.25, 0.3) is 0 Å². The highest BCUT2D eigenvalue weighted by molar-refractivity contribution is 6.12. The molecule has 0 radical (unpaired) electrons. The van der Waals surface area contributed by atoms with Gasteiger partial charge in [-0.1, -0.05) is 42.5 Å². The van der Waals surface area contributed by atoms with Gasteiger partial charge in [0, 0.05) is 75.1 Å². The summed E-state index contributed by atoms with van der Waals surface area (Å²) in [5, 5.41) is 16.5. The van der Waals surface area contributed by atoms with Crippen LogP contribution in [-0.2, 0) is 13.5 Å². The SMILES string of the molecule is CNc1nn(-c2cc(OC)cc(OC)c2)c(N)c1-c1nc2ccccc2[nH]1.COc1cc(OC)cc(-n2nc(N)c(-c3nc4ccccc4n3C)c2N)c1.COc1cc(OC)cc(-n2nc(N)c(C3=Nc4ccccc4C3)c2N)c1. The van der Waals surface area contributed by atoms with E-state index in [9.17, 15) is 0 Å². The van der Waals surface area contributed by atoms with Gasteiger partial charge in [-0.3, -0.25) is 4.99 Å². The first-order valence-corrected chi connectivity index (χ1v) is 24.9. The third-order valence-electron chi connectivity index (χ3n) is 13.3. The Morgan fingerprint density at radius 3 is 1.45 bits per heavy atom. The Bertz CT molecular complexity index is 4010. The molecule has 6 heterocycles. The van der Waals surface area contributed by atoms with Crippen LogP contribution in [0.3, 0.4) is 0 Å². The van der Waals surface area contributed by atoms with Crippen molar-refractivity contribution in [3.05, 3.63) is 139 Å². The van der Waals surface area contributed by atoms with Crippen molar-refractivity contribution in [3.63, 3.8) is 0 Å². The molecule has 23 nitrogen and oxygen atoms in total. The van der Waals surface area contributed by atoms with Crippen molar-refractivity contribution in [2.45, 2.75) is 6.42 Å². The largest absolute Gasteiger partial charge is 0.497 e. The zero-order valence-electron chi connectivity index (χ0n) is 45.1. The number of H-pyrrole nitrogens is 1. The van der Waals surface area contributed by atoms with Gasteiger partial charge in [-0.25, -0.2) is 24.0 Å². The number of aryl methyl sites for hydroxylation is 1. The summed E-state index contributed by atoms with van der Waals surface area (Å²) < 4.78 is 38.7. The van der Waals surface area contributed by atoms with E-state index >= 15 is 0 Å². The number of nitrogens with two attached hydrogens (primary N) is 5. The minimum atomic E-state index is 0.299. The van der Waals surface area contributed by atoms with E-state index < -0.39 is 0 Å². The van der Waals surface area contributed by atoms with Crippen LogP contribution in [0.1, 0.15) is 11.1 Å². The van der Waals surface area contributed by atoms with Crippen LogP contribution in [0.2, 0.25) is 0 Å². The average Bonchev–Trinajstić information content (AvgIpc) is 4.37. The predicted octanol–water partition coefficient (Wildman–Crippen LogP) is 8.40. The Morgan fingerprint density at radius 1 is 0.500 bits per heavy atom. The topological polar surface area (TPSA) is 310 Å². The number of nitrogens with zero attached hydrogens (tertiary/aromatic N) is 10. The number of benzene rings is 6. The van der Waals surface area contributed by atoms with Crippen LogP contribution >= 0.6 is 0 Å². The lowest BCUT2D eigenvalue weighted by atomic mass is 10.1. The molecule has 1 aliphatic rings. The molecule has 0 aliphatic carbocycles. The lowest BCUT2D eigenvalue weighted by molar-refractivity contribution is 0.393. The maximum Gasteiger partial charge on any atom is 0.161 e. The Morgan fingerprint density at radius 2 is 0.950 bits per heavy atom. The summed E-state index contributed by atoms with van der Waals surface area (Å²) in [5.74, 6) is 7.68. The van der Waals surface area contributed by atoms with E-state index in [-0.39, 0.29) is 0 Å². The molecule has 0 bridgehead atoms. The average molecular weight is 1080 g/mol. The molecular formula is C57H59N17O6. The summed E-state index contributed by atoms with van der Waals surface area (Å²) in [7, 11) is 13.3. The summed E-state index contributed by atoms with van der Waals surface area (Å²) in [5.41, 5.74) is 42.3. The molecule has 0 atom stereocenters. The normalized spacial score (nSPS) is 11.5. The van der Waals surface area contributed by atoms with Crippen molar-refractivity contribution >= 4 is 68.4 Å². The minimum Gasteiger partial charge on any atom is -0.497 e. The number of rotatable bonds is 13. The van der Waals surface area contributed by atoms with E-state index in [2.05, 4.69) is 46.6 Å². The number of anilines is 6. The van der Waals surface area contributed by atoms with Crippen LogP contribution in [-0.4, -0.2) is 104 Å². The van der Waals surface area contributed by atoms with E-state index in [0.717, 1.165) is 44.7 Å². The summed E-state index contributed by atoms with van der Waals surface area (Å²) in [6, 6.07) is 40.0. The Hall–Kier alpha value is -10.8. The molecule has 0 saturated heterocycles. The number of ether oxygens (including phenoxy) is 6. The number of aliphatic imine (C=N–C) groups is 1. The van der Waals surface area contributed by atoms with Crippen LogP contribution < -0.4 is 62.4 Å². The Balaban J connectivity index is 0.000000135. The van der Waals surface area contributed by atoms with Gasteiger partial charge in [-0.05, 0) is 35.9 Å². The minimum absolute atomic E-state index is 0.299. The van der Waals surface area contributed by atoms with E-state index in [1.807, 2.05) is 115 Å². The first kappa shape index (κ1) is 52.6. The van der Waals surface area contributed by atoms with Crippen molar-refractivity contribution < 1.29 is 28.4 Å². The van der Waals surface area contributed by atoms with Gasteiger partial charge in [0.15, 0.2) is 17.5 Å². The molecule has 0 saturated carbocycles. The van der Waals surface area contributed by atoms with Crippen LogP contribution in [0.25, 0.3) is 61.9 Å². The van der Waals surface area contributed by atoms with Crippen molar-refractivity contribution in [3.8, 4) is 74.3 Å². The third-order valence-corrected chi connectivity index (χ3v) is 13.3. The number of aromatic nitrogens is 10. The quantitative estimate of drug-likeness (QED) is 0.0570. The van der Waals surface area contributed by atoms with Crippen molar-refractivity contribution in [2.75, 3.05) is 83.7 Å². The summed E-state index contributed by atoms with van der Waals surface area (Å²) in [4.78, 5) is 17.3. The van der Waals surface area contributed by atoms with Gasteiger partial charge >= 0.3 is 0 Å². The number of fused-ring (bicyclic) bond motifs is 3. The third kappa shape index (κ3) is 9.92. The standard InChI is InChI=1S/2C19H20N6O2.C19H19N5O2/c1-24-15-7-5-4-6-14(15)22-19(24)16-17(20)23-25(18(16)21)11-8-12(26-2)10-13(9-11)27-3;1-21-18-16(19-22-14-6-4-5-7-15(14)23-19)17(20)25(24-18)11-8-12(26-2)10-13(9-11)27-3;1-25-13-8-12(9-14(10-13)26-2)24-19(21)17(18(20)23-24)16-7-11-5-3-4-6-15(11)22-16/h4-10H,21H2,1-3H3,(H2,20,23);4-10H,20H2,1-3H3,(H,21,24)(H,22,23);3-6,8-10H,7,21H2,1-2H3,(H2,20,23). The first-order valence-electron chi connectivity index (χ1n) is 24.9. The smallest absolute Gasteiger partial charge is 0.161 e. The molecule has 23 heteroatoms. The number of hydrogen-bond donors (Lipinski definition) is 7. The number of imidazole rings is 2. The molecule has 6 aromatic carbocycles. The molecule has 0 fully saturated rings. The zero-order valence-corrected chi connectivity index (χ0v) is 45.1. The number of aromatic amines is 1. The van der Waals surface area contributed by atoms with E-state index in [1.54, 1.807) is 82.0 Å². The molecule has 0 amide bonds. The molecule has 408 valence electrons. The molecule has 80 heavy (non-hydrogen) atoms. The highest BCUT2D eigenvalue weighted by Gasteiger charge is 2.26. The molecule has 5 aromatic heterocycles. The Kier molecular flexibility index (Phi) is 14.5. The van der Waals surface area contributed by atoms with Gasteiger partial charge in [-0.15, -0.1) is 15.3 Å². The predicted molar refractivity (Wildman–Crippen MR) is 313 cm³/mol. The molecule has 0 unspecified atom stereocenters. The van der Waals surface area contributed by atoms with Crippen LogP contribution in [0, 0.1) is 0 Å². The van der Waals surface area contributed by atoms with E-state index in [1.165, 1.54) is 0 Å². The van der Waals surface area contributed by atoms with Gasteiger partial charge in [0.1, 0.15) is 74.7 Å². The highest BCUT2D eigenvalue weighted by atomic mass is 16.5. The van der Waals surface area contributed by atoms with Crippen molar-refractivity contribution in [1.29, 1.82) is 0 Å². The maximum absolute atomic E-state index is 6.47. The van der Waals surface area contributed by atoms with Gasteiger partial charge < -0.3 is 72.0 Å². The fourth-order valence-corrected chi connectivity index (χ4v) is 9.32. The second-order valence-electron chi connectivity index (χ2n) is 18.0. The number of hydrogen-bond acceptors (Lipinski definition) is 18. The summed E-state index contributed by atoms with van der Waals surface area (Å²) >= 11 is 0. The molecule has 12 rings (SSSR count). The number of nitrogen functional groups attached to an aromatic ring is 5. The Labute approximate surface area is 459 Å². The maximum atomic E-state index is 6.47. The highest BCUT2D eigenvalue weighted by Crippen LogP contribution is 2.39. The molecule has 0 spiro atoms. The molecular weight excluding hydrogens is 1020 g/mol. The molecule has 1 aliphatic heterocycles. The second kappa shape index (κ2) is 22.0. The lowest BCUT2D eigenvalue weighted by Gasteiger charge is -2.10. The number of nitrogens with one attached hydrogen (secondary N) is 2. The van der Waals surface area contributed by atoms with Crippen molar-refractivity contribution in [2.24, 2.45) is 12.0 Å². The number of para-hydroxylation sites is 5. The fourth-order valence-electron chi connectivity index (χ4n) is 9.32. The lowest BCUT2D eigenvalue weighted by Crippen LogP contribution is -2.08. The summed E-state index contributed by atoms with van der Waals surface area (Å²) in [6.45, 7) is 0. The van der Waals surface area contributed by atoms with Gasteiger partial charge in [0.05, 0.1) is 98.8 Å².